The summed E-state index contributed by atoms with van der Waals surface area (Å²) >= 11 is 0. The molecule has 10 rings (SSSR count). The van der Waals surface area contributed by atoms with Crippen molar-refractivity contribution in [2.75, 3.05) is 10.6 Å². The number of fused-ring (bicyclic) bond motifs is 4. The van der Waals surface area contributed by atoms with Crippen LogP contribution >= 0.6 is 0 Å². The molecule has 0 fully saturated rings. The van der Waals surface area contributed by atoms with Gasteiger partial charge in [-0.25, -0.2) is 19.0 Å². The maximum absolute atomic E-state index is 12.5. The summed E-state index contributed by atoms with van der Waals surface area (Å²) in [5.41, 5.74) is 10.2. The smallest absolute Gasteiger partial charge is 0.254 e. The van der Waals surface area contributed by atoms with Gasteiger partial charge in [0, 0.05) is 54.6 Å². The molecular formula is C47H53N11O2. The first-order valence-corrected chi connectivity index (χ1v) is 20.6. The Morgan fingerprint density at radius 1 is 0.500 bits per heavy atom. The Labute approximate surface area is 351 Å². The zero-order chi connectivity index (χ0) is 43.0. The first-order valence-electron chi connectivity index (χ1n) is 20.6. The molecule has 0 saturated heterocycles. The van der Waals surface area contributed by atoms with Crippen LogP contribution in [0, 0.1) is 0 Å². The van der Waals surface area contributed by atoms with Crippen molar-refractivity contribution < 1.29 is 9.59 Å². The number of carbonyl (C=O) groups excluding carboxylic acids is 2. The van der Waals surface area contributed by atoms with E-state index in [-0.39, 0.29) is 11.8 Å². The Hall–Kier alpha value is -7.41. The van der Waals surface area contributed by atoms with Crippen LogP contribution < -0.4 is 21.3 Å². The fourth-order valence-electron chi connectivity index (χ4n) is 6.68. The number of aromatic nitrogens is 7. The van der Waals surface area contributed by atoms with E-state index in [1.807, 2.05) is 163 Å². The third kappa shape index (κ3) is 9.15. The highest BCUT2D eigenvalue weighted by Gasteiger charge is 2.29. The Kier molecular flexibility index (Phi) is 15.6. The molecule has 2 amide bonds. The van der Waals surface area contributed by atoms with Crippen LogP contribution in [0.3, 0.4) is 0 Å². The number of pyridine rings is 5. The third-order valence-corrected chi connectivity index (χ3v) is 9.05. The van der Waals surface area contributed by atoms with Gasteiger partial charge in [-0.2, -0.15) is 10.2 Å². The highest BCUT2D eigenvalue weighted by atomic mass is 16.2. The molecule has 9 heterocycles. The van der Waals surface area contributed by atoms with E-state index in [0.717, 1.165) is 50.2 Å². The highest BCUT2D eigenvalue weighted by Crippen LogP contribution is 2.37. The largest absolute Gasteiger partial charge is 0.348 e. The second-order valence-corrected chi connectivity index (χ2v) is 12.1. The summed E-state index contributed by atoms with van der Waals surface area (Å²) in [6, 6.07) is 27.0. The number of hydrogen-bond donors (Lipinski definition) is 4. The Morgan fingerprint density at radius 2 is 1.00 bits per heavy atom. The lowest BCUT2D eigenvalue weighted by Gasteiger charge is -2.12. The monoisotopic (exact) mass is 803 g/mol. The molecule has 4 N–H and O–H groups in total. The molecule has 0 unspecified atom stereocenters. The maximum Gasteiger partial charge on any atom is 0.254 e. The molecule has 0 saturated carbocycles. The van der Waals surface area contributed by atoms with Gasteiger partial charge in [0.15, 0.2) is 0 Å². The highest BCUT2D eigenvalue weighted by molar-refractivity contribution is 6.07. The van der Waals surface area contributed by atoms with Gasteiger partial charge >= 0.3 is 0 Å². The van der Waals surface area contributed by atoms with E-state index in [9.17, 15) is 9.59 Å². The molecule has 60 heavy (non-hydrogen) atoms. The summed E-state index contributed by atoms with van der Waals surface area (Å²) in [4.78, 5) is 38.1. The first-order chi connectivity index (χ1) is 29.6. The molecule has 0 bridgehead atoms. The minimum absolute atomic E-state index is 0.0724. The molecule has 308 valence electrons. The number of amides is 2. The van der Waals surface area contributed by atoms with Gasteiger partial charge in [-0.05, 0) is 65.7 Å². The third-order valence-electron chi connectivity index (χ3n) is 9.05. The van der Waals surface area contributed by atoms with E-state index in [4.69, 9.17) is 0 Å². The van der Waals surface area contributed by atoms with Gasteiger partial charge < -0.3 is 21.3 Å². The Morgan fingerprint density at radius 3 is 1.57 bits per heavy atom. The zero-order valence-corrected chi connectivity index (χ0v) is 35.5. The van der Waals surface area contributed by atoms with Crippen molar-refractivity contribution in [1.82, 2.24) is 44.8 Å². The van der Waals surface area contributed by atoms with E-state index in [1.165, 1.54) is 0 Å². The minimum atomic E-state index is -0.112. The number of nitrogens with zero attached hydrogens (tertiary/aromatic N) is 7. The molecule has 1 aromatic carbocycles. The first kappa shape index (κ1) is 43.7. The van der Waals surface area contributed by atoms with Gasteiger partial charge in [0.05, 0.1) is 57.8 Å². The number of nitrogens with one attached hydrogen (secondary N) is 4. The van der Waals surface area contributed by atoms with Gasteiger partial charge in [-0.15, -0.1) is 0 Å². The number of anilines is 4. The predicted octanol–water partition coefficient (Wildman–Crippen LogP) is 10.3. The summed E-state index contributed by atoms with van der Waals surface area (Å²) in [5, 5.41) is 21.1. The van der Waals surface area contributed by atoms with Crippen LogP contribution in [0.1, 0.15) is 87.2 Å². The summed E-state index contributed by atoms with van der Waals surface area (Å²) in [6.07, 6.45) is 12.5. The van der Waals surface area contributed by atoms with Crippen LogP contribution in [0.15, 0.2) is 128 Å². The molecule has 0 atom stereocenters. The van der Waals surface area contributed by atoms with Crippen molar-refractivity contribution >= 4 is 45.9 Å². The SMILES string of the molecule is CC.CC.CC.CC.O=C1NCc2c(-c3cnn4ccccc34)ccc(Nc3ccccn3)c21.O=C1NCc2c(-c3cnn4ccccc34)ncc(Nc3ccccn3)c21. The quantitative estimate of drug-likeness (QED) is 0.129. The maximum atomic E-state index is 12.5. The molecule has 0 aliphatic carbocycles. The van der Waals surface area contributed by atoms with E-state index >= 15 is 0 Å². The average Bonchev–Trinajstić information content (AvgIpc) is 4.14. The molecule has 2 aliphatic heterocycles. The normalized spacial score (nSPS) is 11.5. The van der Waals surface area contributed by atoms with Crippen molar-refractivity contribution in [3.05, 3.63) is 151 Å². The van der Waals surface area contributed by atoms with Crippen molar-refractivity contribution in [2.45, 2.75) is 68.5 Å². The summed E-state index contributed by atoms with van der Waals surface area (Å²) in [7, 11) is 0. The van der Waals surface area contributed by atoms with Gasteiger partial charge in [0.25, 0.3) is 11.8 Å². The number of benzene rings is 1. The molecule has 8 aromatic rings. The van der Waals surface area contributed by atoms with Gasteiger partial charge in [-0.3, -0.25) is 14.6 Å². The predicted molar refractivity (Wildman–Crippen MR) is 242 cm³/mol. The zero-order valence-electron chi connectivity index (χ0n) is 35.5. The Bertz CT molecular complexity index is 2460. The van der Waals surface area contributed by atoms with Crippen LogP contribution in [-0.4, -0.2) is 46.0 Å². The molecular weight excluding hydrogens is 751 g/mol. The molecule has 7 aromatic heterocycles. The topological polar surface area (TPSA) is 156 Å². The summed E-state index contributed by atoms with van der Waals surface area (Å²) in [6.45, 7) is 16.9. The standard InChI is InChI=1S/C20H15N5O.C19H14N6O.4C2H6/c26-20-19-15(11-22-20)13(14-12-23-25-10-4-2-5-17(14)25)7-8-16(19)24-18-6-1-3-9-21-18;26-19-17-13(9-22-19)18(12-10-23-25-8-4-2-5-15(12)25)21-11-14(17)24-16-6-1-3-7-20-16;4*1-2/h1-10,12H,11H2,(H,21,24)(H,22,26);1-8,10-11H,9H2,(H,20,24)(H,22,26);4*1-2H3. The molecule has 2 aliphatic rings. The minimum Gasteiger partial charge on any atom is -0.348 e. The van der Waals surface area contributed by atoms with Crippen LogP contribution in [0.5, 0.6) is 0 Å². The van der Waals surface area contributed by atoms with Crippen LogP contribution in [0.2, 0.25) is 0 Å². The van der Waals surface area contributed by atoms with Crippen LogP contribution in [0.25, 0.3) is 33.4 Å². The van der Waals surface area contributed by atoms with E-state index < -0.39 is 0 Å². The fourth-order valence-corrected chi connectivity index (χ4v) is 6.68. The van der Waals surface area contributed by atoms with Gasteiger partial charge in [0.1, 0.15) is 11.6 Å². The molecule has 13 nitrogen and oxygen atoms in total. The average molecular weight is 804 g/mol. The molecule has 13 heteroatoms. The van der Waals surface area contributed by atoms with Crippen LogP contribution in [0.4, 0.5) is 23.0 Å². The number of rotatable bonds is 6. The molecule has 0 radical (unpaired) electrons. The fraction of sp³-hybridized carbons (Fsp3) is 0.213. The molecule has 0 spiro atoms. The number of hydrogen-bond acceptors (Lipinski definition) is 9. The number of carbonyl (C=O) groups is 2. The van der Waals surface area contributed by atoms with E-state index in [2.05, 4.69) is 46.4 Å². The van der Waals surface area contributed by atoms with Crippen molar-refractivity contribution in [2.24, 2.45) is 0 Å². The van der Waals surface area contributed by atoms with Crippen LogP contribution in [-0.2, 0) is 13.1 Å². The lowest BCUT2D eigenvalue weighted by atomic mass is 9.96. The van der Waals surface area contributed by atoms with Gasteiger partial charge in [-0.1, -0.05) is 85.7 Å². The lowest BCUT2D eigenvalue weighted by molar-refractivity contribution is 0.0958. The second kappa shape index (κ2) is 21.4. The summed E-state index contributed by atoms with van der Waals surface area (Å²) < 4.78 is 3.64. The van der Waals surface area contributed by atoms with Crippen molar-refractivity contribution in [1.29, 1.82) is 0 Å². The summed E-state index contributed by atoms with van der Waals surface area (Å²) in [5.74, 6) is 1.19. The second-order valence-electron chi connectivity index (χ2n) is 12.1. The van der Waals surface area contributed by atoms with Gasteiger partial charge in [0.2, 0.25) is 0 Å². The van der Waals surface area contributed by atoms with Crippen molar-refractivity contribution in [3.63, 3.8) is 0 Å². The lowest BCUT2D eigenvalue weighted by Crippen LogP contribution is -2.13. The van der Waals surface area contributed by atoms with E-state index in [1.54, 1.807) is 29.3 Å². The van der Waals surface area contributed by atoms with E-state index in [0.29, 0.717) is 41.5 Å². The Balaban J connectivity index is 0.000000196. The van der Waals surface area contributed by atoms with Crippen molar-refractivity contribution in [3.8, 4) is 22.4 Å².